The normalized spacial score (nSPS) is 37.7. The molecule has 3 aliphatic rings. The van der Waals surface area contributed by atoms with E-state index >= 15 is 0 Å². The summed E-state index contributed by atoms with van der Waals surface area (Å²) in [5, 5.41) is 22.3. The molecule has 4 aromatic heterocycles. The van der Waals surface area contributed by atoms with Crippen molar-refractivity contribution in [2.24, 2.45) is 0 Å². The van der Waals surface area contributed by atoms with Crippen molar-refractivity contribution in [3.05, 3.63) is 25.3 Å². The van der Waals surface area contributed by atoms with Crippen LogP contribution >= 0.6 is 15.2 Å². The minimum atomic E-state index is -4.58. The highest BCUT2D eigenvalue weighted by molar-refractivity contribution is 7.52. The molecule has 0 radical (unpaired) electrons. The van der Waals surface area contributed by atoms with Crippen molar-refractivity contribution in [3.63, 3.8) is 0 Å². The van der Waals surface area contributed by atoms with E-state index in [-0.39, 0.29) is 34.0 Å². The Bertz CT molecular complexity index is 1860. The maximum Gasteiger partial charge on any atom is 0.353 e. The van der Waals surface area contributed by atoms with Gasteiger partial charge in [0.05, 0.1) is 25.9 Å². The van der Waals surface area contributed by atoms with Crippen LogP contribution in [-0.4, -0.2) is 122 Å². The number of hydrogen-bond acceptors (Lipinski definition) is 18. The second kappa shape index (κ2) is 11.8. The second-order valence-corrected chi connectivity index (χ2v) is 14.2. The van der Waals surface area contributed by atoms with Gasteiger partial charge in [0.2, 0.25) is 0 Å². The first-order valence-corrected chi connectivity index (χ1v) is 17.1. The minimum Gasteiger partial charge on any atom is -0.387 e. The Labute approximate surface area is 257 Å². The van der Waals surface area contributed by atoms with E-state index in [0.29, 0.717) is 0 Å². The second-order valence-electron chi connectivity index (χ2n) is 10.7. The quantitative estimate of drug-likeness (QED) is 0.130. The summed E-state index contributed by atoms with van der Waals surface area (Å²) in [6.45, 7) is -1.25. The average Bonchev–Trinajstić information content (AvgIpc) is 3.77. The molecule has 0 spiro atoms. The van der Waals surface area contributed by atoms with E-state index in [9.17, 15) is 29.1 Å². The Hall–Kier alpha value is -3.24. The van der Waals surface area contributed by atoms with E-state index < -0.39 is 90.2 Å². The molecule has 0 saturated carbocycles. The van der Waals surface area contributed by atoms with Crippen LogP contribution in [0, 0.1) is 0 Å². The fraction of sp³-hybridized carbons (Fsp3) is 0.545. The zero-order valence-corrected chi connectivity index (χ0v) is 25.2. The molecule has 3 aliphatic heterocycles. The van der Waals surface area contributed by atoms with Gasteiger partial charge in [-0.05, 0) is 0 Å². The molecule has 8 N–H and O–H groups in total. The number of nitrogen functional groups attached to an aromatic ring is 2. The average molecular weight is 686 g/mol. The van der Waals surface area contributed by atoms with Crippen molar-refractivity contribution in [1.29, 1.82) is 0 Å². The number of nitrogens with zero attached hydrogens (tertiary/aromatic N) is 8. The van der Waals surface area contributed by atoms with Crippen molar-refractivity contribution >= 4 is 49.2 Å². The zero-order chi connectivity index (χ0) is 32.4. The number of ether oxygens (including phenoxy) is 4. The van der Waals surface area contributed by atoms with E-state index in [0.717, 1.165) is 0 Å². The number of nitrogens with two attached hydrogens (primary N) is 2. The molecule has 248 valence electrons. The molecule has 2 bridgehead atoms. The van der Waals surface area contributed by atoms with Gasteiger partial charge >= 0.3 is 15.2 Å². The number of aliphatic hydroxyl groups excluding tert-OH is 2. The Balaban J connectivity index is 1.16. The van der Waals surface area contributed by atoms with Gasteiger partial charge in [-0.3, -0.25) is 18.3 Å². The van der Waals surface area contributed by atoms with Crippen LogP contribution in [0.15, 0.2) is 25.3 Å². The van der Waals surface area contributed by atoms with E-state index in [4.69, 9.17) is 39.5 Å². The van der Waals surface area contributed by atoms with Crippen LogP contribution in [0.4, 0.5) is 11.6 Å². The summed E-state index contributed by atoms with van der Waals surface area (Å²) in [6.07, 6.45) is -7.57. The largest absolute Gasteiger partial charge is 0.387 e. The van der Waals surface area contributed by atoms with Crippen molar-refractivity contribution in [2.75, 3.05) is 37.4 Å². The first-order chi connectivity index (χ1) is 21.9. The lowest BCUT2D eigenvalue weighted by Crippen LogP contribution is -2.37. The summed E-state index contributed by atoms with van der Waals surface area (Å²) in [7, 11) is -9.14. The van der Waals surface area contributed by atoms with Crippen LogP contribution in [0.25, 0.3) is 22.3 Å². The molecule has 24 heteroatoms. The van der Waals surface area contributed by atoms with Gasteiger partial charge in [-0.25, -0.2) is 29.9 Å². The minimum absolute atomic E-state index is 0.0713. The Morgan fingerprint density at radius 2 is 1.20 bits per heavy atom. The standard InChI is InChI=1S/C22H28N10O12P2/c23-17-11-19(27-3-25-17)31(5-29-11)21-14(34)15-10(44-21)2-42-46(37,38)8-40-16-13(33)9(1-41-45(35,36)7-39-15)43-22(16)32-6-30-12-18(24)26-4-28-20(12)32/h3-6,9-10,13-16,21-22,33-34H,1-2,7-8H2,(H,35,36)(H,37,38)(H2,23,25,27)(H2,24,26,28)/t9-,10-,13?,14+,15?,16+,21-,22-/m1/s1. The highest BCUT2D eigenvalue weighted by Gasteiger charge is 2.50. The van der Waals surface area contributed by atoms with Gasteiger partial charge in [-0.1, -0.05) is 0 Å². The number of anilines is 2. The van der Waals surface area contributed by atoms with Gasteiger partial charge in [0, 0.05) is 0 Å². The van der Waals surface area contributed by atoms with Crippen molar-refractivity contribution < 1.29 is 57.1 Å². The summed E-state index contributed by atoms with van der Waals surface area (Å²) in [5.41, 5.74) is 12.6. The predicted molar refractivity (Wildman–Crippen MR) is 150 cm³/mol. The topological polar surface area (TPSA) is 310 Å². The lowest BCUT2D eigenvalue weighted by molar-refractivity contribution is -0.0696. The molecule has 3 saturated heterocycles. The molecular weight excluding hydrogens is 658 g/mol. The number of aliphatic hydroxyl groups is 2. The SMILES string of the molecule is Nc1ncnc2c1ncn2[C@@H]1O[C@@H]2COP(=O)(O)CO[C@H]3C(O)[C@@H](COP(=O)(O)COC2[C@@H]1O)O[C@H]3n1cnc2c(N)ncnc21. The van der Waals surface area contributed by atoms with Crippen LogP contribution < -0.4 is 11.5 Å². The zero-order valence-electron chi connectivity index (χ0n) is 23.4. The first-order valence-electron chi connectivity index (χ1n) is 13.6. The highest BCUT2D eigenvalue weighted by Crippen LogP contribution is 2.48. The summed E-state index contributed by atoms with van der Waals surface area (Å²) in [5.74, 6) is 0.149. The summed E-state index contributed by atoms with van der Waals surface area (Å²) in [4.78, 5) is 45.6. The number of fused-ring (bicyclic) bond motifs is 5. The molecule has 46 heavy (non-hydrogen) atoms. The number of hydrogen-bond donors (Lipinski definition) is 6. The molecule has 7 rings (SSSR count). The molecule has 22 nitrogen and oxygen atoms in total. The van der Waals surface area contributed by atoms with Crippen LogP contribution in [0.3, 0.4) is 0 Å². The van der Waals surface area contributed by atoms with Gasteiger partial charge in [0.1, 0.15) is 73.0 Å². The first kappa shape index (κ1) is 31.4. The third-order valence-corrected chi connectivity index (χ3v) is 9.74. The predicted octanol–water partition coefficient (Wildman–Crippen LogP) is -1.55. The van der Waals surface area contributed by atoms with E-state index in [1.54, 1.807) is 0 Å². The summed E-state index contributed by atoms with van der Waals surface area (Å²) >= 11 is 0. The number of aromatic nitrogens is 8. The fourth-order valence-electron chi connectivity index (χ4n) is 5.48. The van der Waals surface area contributed by atoms with Crippen LogP contribution in [0.2, 0.25) is 0 Å². The fourth-order valence-corrected chi connectivity index (χ4v) is 7.11. The maximum absolute atomic E-state index is 13.1. The number of rotatable bonds is 2. The molecule has 10 atom stereocenters. The molecule has 0 aliphatic carbocycles. The third kappa shape index (κ3) is 5.65. The lowest BCUT2D eigenvalue weighted by Gasteiger charge is -2.24. The molecule has 3 fully saturated rings. The molecule has 0 aromatic carbocycles. The molecule has 0 amide bonds. The molecular formula is C22H28N10O12P2. The van der Waals surface area contributed by atoms with Crippen molar-refractivity contribution in [1.82, 2.24) is 39.0 Å². The molecule has 7 heterocycles. The van der Waals surface area contributed by atoms with Crippen LogP contribution in [-0.2, 0) is 37.1 Å². The molecule has 4 unspecified atom stereocenters. The van der Waals surface area contributed by atoms with Gasteiger partial charge in [-0.2, -0.15) is 0 Å². The van der Waals surface area contributed by atoms with Gasteiger partial charge < -0.3 is 59.5 Å². The highest BCUT2D eigenvalue weighted by atomic mass is 31.2. The van der Waals surface area contributed by atoms with Gasteiger partial charge in [-0.15, -0.1) is 0 Å². The Morgan fingerprint density at radius 1 is 0.696 bits per heavy atom. The monoisotopic (exact) mass is 686 g/mol. The van der Waals surface area contributed by atoms with E-state index in [1.807, 2.05) is 0 Å². The van der Waals surface area contributed by atoms with Gasteiger partial charge in [0.25, 0.3) is 0 Å². The smallest absolute Gasteiger partial charge is 0.353 e. The Morgan fingerprint density at radius 3 is 1.78 bits per heavy atom. The van der Waals surface area contributed by atoms with Crippen molar-refractivity contribution in [3.8, 4) is 0 Å². The van der Waals surface area contributed by atoms with Crippen LogP contribution in [0.1, 0.15) is 12.5 Å². The third-order valence-electron chi connectivity index (χ3n) is 7.69. The Kier molecular flexibility index (Phi) is 8.03. The molecule has 4 aromatic rings. The lowest BCUT2D eigenvalue weighted by atomic mass is 10.1. The van der Waals surface area contributed by atoms with E-state index in [1.165, 1.54) is 34.4 Å². The number of imidazole rings is 2. The summed E-state index contributed by atoms with van der Waals surface area (Å²) in [6, 6.07) is 0. The van der Waals surface area contributed by atoms with Gasteiger partial charge in [0.15, 0.2) is 35.4 Å². The van der Waals surface area contributed by atoms with E-state index in [2.05, 4.69) is 29.9 Å². The van der Waals surface area contributed by atoms with Crippen LogP contribution in [0.5, 0.6) is 0 Å². The summed E-state index contributed by atoms with van der Waals surface area (Å²) < 4.78 is 62.6. The maximum atomic E-state index is 13.1. The van der Waals surface area contributed by atoms with Crippen molar-refractivity contribution in [2.45, 2.75) is 49.1 Å².